The standard InChI is InChI=1S/C20H22N2/c1-3-16-22(17-4-2)20(19-12-8-9-15-21-19)14-13-18-10-6-5-7-11-18/h3-15,20H,1-2,16-17H2/b14-13+. The van der Waals surface area contributed by atoms with Crippen LogP contribution in [0.3, 0.4) is 0 Å². The minimum Gasteiger partial charge on any atom is -0.284 e. The van der Waals surface area contributed by atoms with Crippen LogP contribution in [0.25, 0.3) is 6.08 Å². The smallest absolute Gasteiger partial charge is 0.0714 e. The third kappa shape index (κ3) is 4.54. The molecule has 22 heavy (non-hydrogen) atoms. The van der Waals surface area contributed by atoms with E-state index >= 15 is 0 Å². The zero-order valence-electron chi connectivity index (χ0n) is 12.8. The van der Waals surface area contributed by atoms with Gasteiger partial charge in [-0.3, -0.25) is 9.88 Å². The van der Waals surface area contributed by atoms with Gasteiger partial charge < -0.3 is 0 Å². The normalized spacial score (nSPS) is 12.4. The monoisotopic (exact) mass is 290 g/mol. The molecule has 2 heteroatoms. The molecule has 0 amide bonds. The van der Waals surface area contributed by atoms with E-state index in [-0.39, 0.29) is 6.04 Å². The van der Waals surface area contributed by atoms with Gasteiger partial charge in [0, 0.05) is 19.3 Å². The van der Waals surface area contributed by atoms with Crippen LogP contribution in [0, 0.1) is 0 Å². The van der Waals surface area contributed by atoms with E-state index in [1.54, 1.807) is 0 Å². The largest absolute Gasteiger partial charge is 0.284 e. The van der Waals surface area contributed by atoms with Crippen LogP contribution in [0.2, 0.25) is 0 Å². The first-order valence-electron chi connectivity index (χ1n) is 7.45. The predicted molar refractivity (Wildman–Crippen MR) is 94.4 cm³/mol. The van der Waals surface area contributed by atoms with Gasteiger partial charge in [0.1, 0.15) is 0 Å². The number of hydrogen-bond acceptors (Lipinski definition) is 2. The Hall–Kier alpha value is -2.45. The summed E-state index contributed by atoms with van der Waals surface area (Å²) >= 11 is 0. The summed E-state index contributed by atoms with van der Waals surface area (Å²) in [6, 6.07) is 16.4. The molecule has 2 aromatic rings. The van der Waals surface area contributed by atoms with Gasteiger partial charge >= 0.3 is 0 Å². The number of hydrogen-bond donors (Lipinski definition) is 0. The lowest BCUT2D eigenvalue weighted by Crippen LogP contribution is -2.28. The lowest BCUT2D eigenvalue weighted by atomic mass is 10.1. The highest BCUT2D eigenvalue weighted by Crippen LogP contribution is 2.21. The maximum absolute atomic E-state index is 4.52. The maximum Gasteiger partial charge on any atom is 0.0714 e. The van der Waals surface area contributed by atoms with E-state index in [1.165, 1.54) is 5.56 Å². The van der Waals surface area contributed by atoms with E-state index in [4.69, 9.17) is 0 Å². The van der Waals surface area contributed by atoms with Crippen molar-refractivity contribution in [3.05, 3.63) is 97.4 Å². The van der Waals surface area contributed by atoms with Gasteiger partial charge in [-0.2, -0.15) is 0 Å². The SMILES string of the molecule is C=CCN(CC=C)C(/C=C/c1ccccc1)c1ccccn1. The molecule has 2 nitrogen and oxygen atoms in total. The summed E-state index contributed by atoms with van der Waals surface area (Å²) in [6.07, 6.45) is 9.98. The Kier molecular flexibility index (Phi) is 6.34. The van der Waals surface area contributed by atoms with Crippen LogP contribution in [0.4, 0.5) is 0 Å². The molecule has 1 heterocycles. The molecule has 1 aromatic heterocycles. The Morgan fingerprint density at radius 2 is 1.64 bits per heavy atom. The molecule has 2 rings (SSSR count). The molecule has 0 aliphatic carbocycles. The molecule has 0 spiro atoms. The van der Waals surface area contributed by atoms with Gasteiger partial charge in [0.15, 0.2) is 0 Å². The predicted octanol–water partition coefficient (Wildman–Crippen LogP) is 4.51. The molecular formula is C20H22N2. The molecule has 1 atom stereocenters. The van der Waals surface area contributed by atoms with Gasteiger partial charge in [-0.1, -0.05) is 60.7 Å². The summed E-state index contributed by atoms with van der Waals surface area (Å²) in [5.74, 6) is 0. The van der Waals surface area contributed by atoms with Gasteiger partial charge in [0.25, 0.3) is 0 Å². The second-order valence-corrected chi connectivity index (χ2v) is 5.00. The molecular weight excluding hydrogens is 268 g/mol. The topological polar surface area (TPSA) is 16.1 Å². The van der Waals surface area contributed by atoms with E-state index in [1.807, 2.05) is 48.7 Å². The number of rotatable bonds is 8. The first-order valence-corrected chi connectivity index (χ1v) is 7.45. The lowest BCUT2D eigenvalue weighted by molar-refractivity contribution is 0.281. The molecule has 0 radical (unpaired) electrons. The average molecular weight is 290 g/mol. The van der Waals surface area contributed by atoms with Crippen LogP contribution >= 0.6 is 0 Å². The summed E-state index contributed by atoms with van der Waals surface area (Å²) < 4.78 is 0. The Labute approximate surface area is 133 Å². The van der Waals surface area contributed by atoms with Crippen molar-refractivity contribution in [2.75, 3.05) is 13.1 Å². The van der Waals surface area contributed by atoms with E-state index in [0.29, 0.717) is 0 Å². The maximum atomic E-state index is 4.52. The number of aromatic nitrogens is 1. The summed E-state index contributed by atoms with van der Waals surface area (Å²) in [7, 11) is 0. The Morgan fingerprint density at radius 1 is 0.955 bits per heavy atom. The molecule has 0 N–H and O–H groups in total. The Morgan fingerprint density at radius 3 is 2.23 bits per heavy atom. The van der Waals surface area contributed by atoms with Crippen molar-refractivity contribution in [2.24, 2.45) is 0 Å². The number of pyridine rings is 1. The second kappa shape index (κ2) is 8.75. The summed E-state index contributed by atoms with van der Waals surface area (Å²) in [4.78, 5) is 6.79. The van der Waals surface area contributed by atoms with Gasteiger partial charge in [-0.05, 0) is 17.7 Å². The van der Waals surface area contributed by atoms with E-state index in [9.17, 15) is 0 Å². The van der Waals surface area contributed by atoms with Gasteiger partial charge in [-0.25, -0.2) is 0 Å². The quantitative estimate of drug-likeness (QED) is 0.665. The van der Waals surface area contributed by atoms with E-state index in [2.05, 4.69) is 53.4 Å². The first-order chi connectivity index (χ1) is 10.8. The molecule has 112 valence electrons. The fraction of sp³-hybridized carbons (Fsp3) is 0.150. The Balaban J connectivity index is 2.30. The van der Waals surface area contributed by atoms with Crippen molar-refractivity contribution in [3.8, 4) is 0 Å². The van der Waals surface area contributed by atoms with Crippen LogP contribution in [0.1, 0.15) is 17.3 Å². The third-order valence-electron chi connectivity index (χ3n) is 3.38. The molecule has 0 aliphatic heterocycles. The van der Waals surface area contributed by atoms with Gasteiger partial charge in [0.2, 0.25) is 0 Å². The number of benzene rings is 1. The number of nitrogens with zero attached hydrogens (tertiary/aromatic N) is 2. The molecule has 1 aromatic carbocycles. The van der Waals surface area contributed by atoms with Crippen LogP contribution in [0.15, 0.2) is 86.1 Å². The van der Waals surface area contributed by atoms with E-state index in [0.717, 1.165) is 18.8 Å². The summed E-state index contributed by atoms with van der Waals surface area (Å²) in [5.41, 5.74) is 2.21. The third-order valence-corrected chi connectivity index (χ3v) is 3.38. The van der Waals surface area contributed by atoms with Crippen molar-refractivity contribution in [3.63, 3.8) is 0 Å². The second-order valence-electron chi connectivity index (χ2n) is 5.00. The lowest BCUT2D eigenvalue weighted by Gasteiger charge is -2.27. The molecule has 0 bridgehead atoms. The van der Waals surface area contributed by atoms with Crippen molar-refractivity contribution < 1.29 is 0 Å². The summed E-state index contributed by atoms with van der Waals surface area (Å²) in [5, 5.41) is 0. The molecule has 0 saturated heterocycles. The molecule has 0 fully saturated rings. The molecule has 0 aliphatic rings. The minimum absolute atomic E-state index is 0.0948. The van der Waals surface area contributed by atoms with Crippen LogP contribution in [-0.4, -0.2) is 23.0 Å². The van der Waals surface area contributed by atoms with Crippen LogP contribution in [0.5, 0.6) is 0 Å². The summed E-state index contributed by atoms with van der Waals surface area (Å²) in [6.45, 7) is 9.28. The fourth-order valence-corrected chi connectivity index (χ4v) is 2.36. The fourth-order valence-electron chi connectivity index (χ4n) is 2.36. The Bertz CT molecular complexity index is 592. The zero-order valence-corrected chi connectivity index (χ0v) is 12.8. The zero-order chi connectivity index (χ0) is 15.6. The van der Waals surface area contributed by atoms with Gasteiger partial charge in [0.05, 0.1) is 11.7 Å². The van der Waals surface area contributed by atoms with Crippen molar-refractivity contribution in [2.45, 2.75) is 6.04 Å². The van der Waals surface area contributed by atoms with Crippen molar-refractivity contribution >= 4 is 6.08 Å². The average Bonchev–Trinajstić information content (AvgIpc) is 2.57. The highest BCUT2D eigenvalue weighted by molar-refractivity contribution is 5.50. The molecule has 1 unspecified atom stereocenters. The van der Waals surface area contributed by atoms with Crippen LogP contribution < -0.4 is 0 Å². The van der Waals surface area contributed by atoms with Gasteiger partial charge in [-0.15, -0.1) is 13.2 Å². The first kappa shape index (κ1) is 15.9. The molecule has 0 saturated carbocycles. The highest BCUT2D eigenvalue weighted by Gasteiger charge is 2.16. The minimum atomic E-state index is 0.0948. The van der Waals surface area contributed by atoms with E-state index < -0.39 is 0 Å². The highest BCUT2D eigenvalue weighted by atomic mass is 15.2. The van der Waals surface area contributed by atoms with Crippen LogP contribution in [-0.2, 0) is 0 Å². The van der Waals surface area contributed by atoms with Crippen molar-refractivity contribution in [1.29, 1.82) is 0 Å². The van der Waals surface area contributed by atoms with Crippen molar-refractivity contribution in [1.82, 2.24) is 9.88 Å².